The molecule has 21 heavy (non-hydrogen) atoms. The van der Waals surface area contributed by atoms with Crippen molar-refractivity contribution in [1.29, 1.82) is 0 Å². The Balaban J connectivity index is 2.45. The number of hydrogen-bond acceptors (Lipinski definition) is 4. The van der Waals surface area contributed by atoms with E-state index in [-0.39, 0.29) is 18.4 Å². The third-order valence-electron chi connectivity index (χ3n) is 4.08. The van der Waals surface area contributed by atoms with E-state index in [4.69, 9.17) is 5.73 Å². The van der Waals surface area contributed by atoms with Gasteiger partial charge in [-0.3, -0.25) is 4.79 Å². The summed E-state index contributed by atoms with van der Waals surface area (Å²) < 4.78 is 0. The quantitative estimate of drug-likeness (QED) is 0.529. The fourth-order valence-electron chi connectivity index (χ4n) is 2.82. The van der Waals surface area contributed by atoms with E-state index in [1.807, 2.05) is 6.26 Å². The average molecular weight is 317 g/mol. The minimum Gasteiger partial charge on any atom is -0.396 e. The Labute approximate surface area is 130 Å². The molecule has 7 heteroatoms. The van der Waals surface area contributed by atoms with Crippen LogP contribution in [0.1, 0.15) is 32.1 Å². The third-order valence-corrected chi connectivity index (χ3v) is 4.73. The lowest BCUT2D eigenvalue weighted by Crippen LogP contribution is -2.50. The molecule has 1 aliphatic rings. The number of amides is 3. The van der Waals surface area contributed by atoms with Crippen LogP contribution in [0.5, 0.6) is 0 Å². The number of primary amides is 1. The number of carbonyl (C=O) groups is 2. The molecule has 0 bridgehead atoms. The lowest BCUT2D eigenvalue weighted by molar-refractivity contribution is -0.123. The zero-order valence-electron chi connectivity index (χ0n) is 12.6. The number of nitrogens with two attached hydrogens (primary N) is 1. The topological polar surface area (TPSA) is 104 Å². The second kappa shape index (κ2) is 9.89. The monoisotopic (exact) mass is 317 g/mol. The number of urea groups is 1. The number of carbonyl (C=O) groups excluding carboxylic acids is 2. The molecule has 0 radical (unpaired) electrons. The van der Waals surface area contributed by atoms with Crippen molar-refractivity contribution in [2.45, 2.75) is 38.1 Å². The fourth-order valence-corrected chi connectivity index (χ4v) is 3.30. The molecule has 3 unspecified atom stereocenters. The van der Waals surface area contributed by atoms with E-state index in [0.29, 0.717) is 18.9 Å². The zero-order chi connectivity index (χ0) is 15.7. The first-order valence-corrected chi connectivity index (χ1v) is 8.91. The fraction of sp³-hybridized carbons (Fsp3) is 0.857. The van der Waals surface area contributed by atoms with E-state index in [1.165, 1.54) is 0 Å². The van der Waals surface area contributed by atoms with Gasteiger partial charge in [0, 0.05) is 13.2 Å². The number of aliphatic hydroxyl groups excluding tert-OH is 1. The van der Waals surface area contributed by atoms with E-state index in [9.17, 15) is 14.7 Å². The van der Waals surface area contributed by atoms with Gasteiger partial charge in [-0.2, -0.15) is 11.8 Å². The molecule has 1 rings (SSSR count). The van der Waals surface area contributed by atoms with Crippen LogP contribution in [0.4, 0.5) is 4.79 Å². The first-order chi connectivity index (χ1) is 10.1. The highest BCUT2D eigenvalue weighted by Crippen LogP contribution is 2.29. The van der Waals surface area contributed by atoms with Crippen molar-refractivity contribution in [3.63, 3.8) is 0 Å². The van der Waals surface area contributed by atoms with Crippen LogP contribution < -0.4 is 16.4 Å². The van der Waals surface area contributed by atoms with Gasteiger partial charge in [0.25, 0.3) is 0 Å². The summed E-state index contributed by atoms with van der Waals surface area (Å²) in [6.07, 6.45) is 6.86. The standard InChI is InChI=1S/C14H27N3O3S/c1-21-7-6-12(17-14(15)20)13(19)16-8-10-4-2-3-5-11(10)9-18/h10-12,18H,2-9H2,1H3,(H,16,19)(H3,15,17,20). The second-order valence-electron chi connectivity index (χ2n) is 5.57. The van der Waals surface area contributed by atoms with Crippen LogP contribution in [-0.4, -0.2) is 48.2 Å². The van der Waals surface area contributed by atoms with Gasteiger partial charge in [-0.1, -0.05) is 12.8 Å². The van der Waals surface area contributed by atoms with Gasteiger partial charge in [-0.05, 0) is 43.1 Å². The maximum absolute atomic E-state index is 12.2. The van der Waals surface area contributed by atoms with E-state index in [2.05, 4.69) is 10.6 Å². The number of nitrogens with one attached hydrogen (secondary N) is 2. The molecule has 3 amide bonds. The van der Waals surface area contributed by atoms with Gasteiger partial charge >= 0.3 is 6.03 Å². The Bertz CT molecular complexity index is 341. The Hall–Kier alpha value is -0.950. The molecule has 6 nitrogen and oxygen atoms in total. The van der Waals surface area contributed by atoms with E-state index >= 15 is 0 Å². The SMILES string of the molecule is CSCCC(NC(N)=O)C(=O)NCC1CCCCC1CO. The molecule has 0 spiro atoms. The largest absolute Gasteiger partial charge is 0.396 e. The Morgan fingerprint density at radius 2 is 2.00 bits per heavy atom. The third kappa shape index (κ3) is 6.56. The van der Waals surface area contributed by atoms with Gasteiger partial charge in [-0.25, -0.2) is 4.79 Å². The highest BCUT2D eigenvalue weighted by atomic mass is 32.2. The molecular formula is C14H27N3O3S. The molecule has 122 valence electrons. The number of rotatable bonds is 8. The molecule has 0 aromatic carbocycles. The van der Waals surface area contributed by atoms with Crippen LogP contribution in [0.3, 0.4) is 0 Å². The summed E-state index contributed by atoms with van der Waals surface area (Å²) in [6.45, 7) is 0.732. The van der Waals surface area contributed by atoms with E-state index in [0.717, 1.165) is 31.4 Å². The summed E-state index contributed by atoms with van der Waals surface area (Å²) in [5.41, 5.74) is 5.12. The lowest BCUT2D eigenvalue weighted by atomic mass is 9.79. The number of thioether (sulfide) groups is 1. The van der Waals surface area contributed by atoms with Crippen molar-refractivity contribution in [2.75, 3.05) is 25.2 Å². The Morgan fingerprint density at radius 3 is 2.57 bits per heavy atom. The highest BCUT2D eigenvalue weighted by molar-refractivity contribution is 7.98. The van der Waals surface area contributed by atoms with Crippen LogP contribution in [-0.2, 0) is 4.79 Å². The van der Waals surface area contributed by atoms with Crippen LogP contribution in [0.2, 0.25) is 0 Å². The molecule has 1 aliphatic carbocycles. The van der Waals surface area contributed by atoms with Crippen LogP contribution in [0.25, 0.3) is 0 Å². The molecule has 0 aromatic rings. The molecule has 0 heterocycles. The number of aliphatic hydroxyl groups is 1. The molecule has 1 saturated carbocycles. The van der Waals surface area contributed by atoms with Gasteiger partial charge < -0.3 is 21.5 Å². The molecule has 0 aliphatic heterocycles. The summed E-state index contributed by atoms with van der Waals surface area (Å²) in [5.74, 6) is 1.18. The van der Waals surface area contributed by atoms with Crippen LogP contribution in [0.15, 0.2) is 0 Å². The zero-order valence-corrected chi connectivity index (χ0v) is 13.5. The lowest BCUT2D eigenvalue weighted by Gasteiger charge is -2.30. The summed E-state index contributed by atoms with van der Waals surface area (Å²) in [6, 6.07) is -1.26. The molecule has 0 saturated heterocycles. The van der Waals surface area contributed by atoms with Crippen molar-refractivity contribution in [3.8, 4) is 0 Å². The number of hydrogen-bond donors (Lipinski definition) is 4. The summed E-state index contributed by atoms with van der Waals surface area (Å²) >= 11 is 1.62. The second-order valence-corrected chi connectivity index (χ2v) is 6.56. The molecule has 0 aromatic heterocycles. The van der Waals surface area contributed by atoms with E-state index < -0.39 is 12.1 Å². The normalized spacial score (nSPS) is 23.3. The Morgan fingerprint density at radius 1 is 1.33 bits per heavy atom. The molecule has 1 fully saturated rings. The predicted octanol–water partition coefficient (Wildman–Crippen LogP) is 0.691. The maximum atomic E-state index is 12.2. The summed E-state index contributed by atoms with van der Waals surface area (Å²) in [4.78, 5) is 23.1. The van der Waals surface area contributed by atoms with Gasteiger partial charge in [0.1, 0.15) is 6.04 Å². The van der Waals surface area contributed by atoms with Crippen molar-refractivity contribution >= 4 is 23.7 Å². The van der Waals surface area contributed by atoms with Crippen LogP contribution in [0, 0.1) is 11.8 Å². The van der Waals surface area contributed by atoms with Gasteiger partial charge in [0.05, 0.1) is 0 Å². The first-order valence-electron chi connectivity index (χ1n) is 7.52. The first kappa shape index (κ1) is 18.1. The maximum Gasteiger partial charge on any atom is 0.312 e. The molecular weight excluding hydrogens is 290 g/mol. The Kier molecular flexibility index (Phi) is 8.52. The van der Waals surface area contributed by atoms with Gasteiger partial charge in [0.15, 0.2) is 0 Å². The minimum absolute atomic E-state index is 0.177. The van der Waals surface area contributed by atoms with Crippen LogP contribution >= 0.6 is 11.8 Å². The van der Waals surface area contributed by atoms with Gasteiger partial charge in [0.2, 0.25) is 5.91 Å². The molecule has 5 N–H and O–H groups in total. The minimum atomic E-state index is -0.679. The molecule has 3 atom stereocenters. The smallest absolute Gasteiger partial charge is 0.312 e. The van der Waals surface area contributed by atoms with E-state index in [1.54, 1.807) is 11.8 Å². The van der Waals surface area contributed by atoms with Crippen molar-refractivity contribution in [1.82, 2.24) is 10.6 Å². The van der Waals surface area contributed by atoms with Crippen molar-refractivity contribution in [2.24, 2.45) is 17.6 Å². The average Bonchev–Trinajstić information content (AvgIpc) is 2.48. The summed E-state index contributed by atoms with van der Waals surface area (Å²) in [7, 11) is 0. The van der Waals surface area contributed by atoms with Crippen molar-refractivity contribution < 1.29 is 14.7 Å². The highest BCUT2D eigenvalue weighted by Gasteiger charge is 2.26. The van der Waals surface area contributed by atoms with Gasteiger partial charge in [-0.15, -0.1) is 0 Å². The van der Waals surface area contributed by atoms with Crippen molar-refractivity contribution in [3.05, 3.63) is 0 Å². The summed E-state index contributed by atoms with van der Waals surface area (Å²) in [5, 5.41) is 14.8. The predicted molar refractivity (Wildman–Crippen MR) is 85.0 cm³/mol.